The van der Waals surface area contributed by atoms with Gasteiger partial charge in [0, 0.05) is 36.4 Å². The van der Waals surface area contributed by atoms with Gasteiger partial charge in [0.15, 0.2) is 0 Å². The Morgan fingerprint density at radius 1 is 1.20 bits per heavy atom. The summed E-state index contributed by atoms with van der Waals surface area (Å²) in [5, 5.41) is 17.8. The molecular weight excluding hydrogens is 323 g/mol. The van der Waals surface area contributed by atoms with Crippen LogP contribution in [0.2, 0.25) is 0 Å². The molecular formula is C20H21N2NaO2. The van der Waals surface area contributed by atoms with E-state index in [4.69, 9.17) is 0 Å². The summed E-state index contributed by atoms with van der Waals surface area (Å²) in [7, 11) is 0. The Labute approximate surface area is 170 Å². The summed E-state index contributed by atoms with van der Waals surface area (Å²) in [5.41, 5.74) is 6.11. The van der Waals surface area contributed by atoms with E-state index in [0.29, 0.717) is 6.42 Å². The maximum atomic E-state index is 10.9. The monoisotopic (exact) mass is 344 g/mol. The molecule has 1 saturated carbocycles. The summed E-state index contributed by atoms with van der Waals surface area (Å²) in [5.74, 6) is -1.09. The molecule has 5 heteroatoms. The van der Waals surface area contributed by atoms with Crippen molar-refractivity contribution in [2.24, 2.45) is 5.92 Å². The summed E-state index contributed by atoms with van der Waals surface area (Å²) in [6, 6.07) is 14.6. The van der Waals surface area contributed by atoms with Crippen LogP contribution in [0.25, 0.3) is 0 Å². The van der Waals surface area contributed by atoms with Gasteiger partial charge in [-0.25, -0.2) is 0 Å². The minimum absolute atomic E-state index is 0. The summed E-state index contributed by atoms with van der Waals surface area (Å²) < 4.78 is 0. The van der Waals surface area contributed by atoms with Gasteiger partial charge < -0.3 is 20.5 Å². The van der Waals surface area contributed by atoms with Gasteiger partial charge in [0.2, 0.25) is 0 Å². The van der Waals surface area contributed by atoms with Crippen molar-refractivity contribution >= 4 is 17.3 Å². The first-order valence-electron chi connectivity index (χ1n) is 8.62. The van der Waals surface area contributed by atoms with Gasteiger partial charge in [-0.3, -0.25) is 0 Å². The molecule has 0 saturated heterocycles. The molecule has 1 aliphatic heterocycles. The number of carboxylic acid groups (broad SMARTS) is 1. The number of fused-ring (bicyclic) bond motifs is 1. The SMILES string of the molecule is O=C([O-])[C@@H]1C[C@H]1c1ccc(NCc2cccc3c2NCCC3)cc1.[Na+]. The fraction of sp³-hybridized carbons (Fsp3) is 0.350. The van der Waals surface area contributed by atoms with Crippen molar-refractivity contribution in [1.82, 2.24) is 0 Å². The van der Waals surface area contributed by atoms with Crippen LogP contribution in [0.15, 0.2) is 42.5 Å². The second kappa shape index (κ2) is 7.81. The van der Waals surface area contributed by atoms with E-state index in [1.807, 2.05) is 24.3 Å². The van der Waals surface area contributed by atoms with E-state index < -0.39 is 5.97 Å². The average molecular weight is 344 g/mol. The molecule has 0 amide bonds. The maximum absolute atomic E-state index is 10.9. The number of hydrogen-bond acceptors (Lipinski definition) is 4. The number of hydrogen-bond donors (Lipinski definition) is 2. The standard InChI is InChI=1S/C20H22N2O2.Na/c23-20(24)18-11-17(18)13-6-8-16(9-7-13)22-12-15-4-1-3-14-5-2-10-21-19(14)15;/h1,3-4,6-9,17-18,21-22H,2,5,10-12H2,(H,23,24);/q;+1/p-1/t17-,18+;/m0./s1. The van der Waals surface area contributed by atoms with Crippen LogP contribution in [0.3, 0.4) is 0 Å². The van der Waals surface area contributed by atoms with Crippen LogP contribution in [-0.4, -0.2) is 12.5 Å². The van der Waals surface area contributed by atoms with Gasteiger partial charge >= 0.3 is 29.6 Å². The number of nitrogens with one attached hydrogen (secondary N) is 2. The number of aliphatic carboxylic acids is 1. The predicted molar refractivity (Wildman–Crippen MR) is 92.9 cm³/mol. The molecule has 1 fully saturated rings. The van der Waals surface area contributed by atoms with Crippen LogP contribution in [0.5, 0.6) is 0 Å². The molecule has 0 aromatic heterocycles. The van der Waals surface area contributed by atoms with Crippen molar-refractivity contribution in [1.29, 1.82) is 0 Å². The summed E-state index contributed by atoms with van der Waals surface area (Å²) in [6.45, 7) is 1.82. The molecule has 4 rings (SSSR count). The first-order chi connectivity index (χ1) is 11.7. The molecule has 25 heavy (non-hydrogen) atoms. The van der Waals surface area contributed by atoms with Gasteiger partial charge in [0.25, 0.3) is 0 Å². The molecule has 2 aromatic rings. The third kappa shape index (κ3) is 4.02. The zero-order valence-electron chi connectivity index (χ0n) is 14.5. The van der Waals surface area contributed by atoms with E-state index in [1.54, 1.807) is 0 Å². The number of aryl methyl sites for hydroxylation is 1. The van der Waals surface area contributed by atoms with Crippen molar-refractivity contribution in [3.8, 4) is 0 Å². The van der Waals surface area contributed by atoms with Gasteiger partial charge in [-0.15, -0.1) is 0 Å². The Balaban J connectivity index is 0.00000182. The van der Waals surface area contributed by atoms with Crippen LogP contribution in [-0.2, 0) is 17.8 Å². The van der Waals surface area contributed by atoms with Crippen LogP contribution in [0.4, 0.5) is 11.4 Å². The number of anilines is 2. The summed E-state index contributed by atoms with van der Waals surface area (Å²) >= 11 is 0. The molecule has 2 aromatic carbocycles. The Morgan fingerprint density at radius 3 is 2.72 bits per heavy atom. The average Bonchev–Trinajstić information content (AvgIpc) is 3.41. The third-order valence-corrected chi connectivity index (χ3v) is 5.08. The number of carbonyl (C=O) groups excluding carboxylic acids is 1. The van der Waals surface area contributed by atoms with E-state index in [-0.39, 0.29) is 41.4 Å². The minimum Gasteiger partial charge on any atom is -0.550 e. The smallest absolute Gasteiger partial charge is 0.550 e. The van der Waals surface area contributed by atoms with E-state index >= 15 is 0 Å². The number of rotatable bonds is 5. The Hall–Kier alpha value is -1.49. The zero-order valence-corrected chi connectivity index (χ0v) is 16.5. The molecule has 2 N–H and O–H groups in total. The first-order valence-corrected chi connectivity index (χ1v) is 8.62. The quantitative estimate of drug-likeness (QED) is 0.719. The van der Waals surface area contributed by atoms with E-state index in [0.717, 1.165) is 30.8 Å². The fourth-order valence-corrected chi connectivity index (χ4v) is 3.60. The zero-order chi connectivity index (χ0) is 16.5. The maximum Gasteiger partial charge on any atom is 1.00 e. The number of carbonyl (C=O) groups is 1. The normalized spacial score (nSPS) is 20.6. The van der Waals surface area contributed by atoms with E-state index in [2.05, 4.69) is 28.8 Å². The predicted octanol–water partition coefficient (Wildman–Crippen LogP) is -0.486. The summed E-state index contributed by atoms with van der Waals surface area (Å²) in [6.07, 6.45) is 3.04. The second-order valence-electron chi connectivity index (χ2n) is 6.72. The Bertz CT molecular complexity index is 761. The van der Waals surface area contributed by atoms with E-state index in [1.165, 1.54) is 23.2 Å². The van der Waals surface area contributed by atoms with Crippen LogP contribution >= 0.6 is 0 Å². The second-order valence-corrected chi connectivity index (χ2v) is 6.72. The van der Waals surface area contributed by atoms with Crippen molar-refractivity contribution in [3.05, 3.63) is 59.2 Å². The van der Waals surface area contributed by atoms with Gasteiger partial charge in [-0.2, -0.15) is 0 Å². The molecule has 1 heterocycles. The van der Waals surface area contributed by atoms with Crippen molar-refractivity contribution in [2.45, 2.75) is 31.7 Å². The number of benzene rings is 2. The van der Waals surface area contributed by atoms with Crippen molar-refractivity contribution in [3.63, 3.8) is 0 Å². The molecule has 0 radical (unpaired) electrons. The molecule has 2 aliphatic rings. The van der Waals surface area contributed by atoms with Gasteiger partial charge in [0.1, 0.15) is 0 Å². The molecule has 0 spiro atoms. The topological polar surface area (TPSA) is 64.2 Å². The van der Waals surface area contributed by atoms with Gasteiger partial charge in [0.05, 0.1) is 0 Å². The minimum atomic E-state index is -0.927. The largest absolute Gasteiger partial charge is 1.00 e. The van der Waals surface area contributed by atoms with Gasteiger partial charge in [-0.1, -0.05) is 30.3 Å². The van der Waals surface area contributed by atoms with Gasteiger partial charge in [-0.05, 0) is 54.0 Å². The first kappa shape index (κ1) is 18.3. The third-order valence-electron chi connectivity index (χ3n) is 5.08. The molecule has 1 aliphatic carbocycles. The van der Waals surface area contributed by atoms with Crippen molar-refractivity contribution < 1.29 is 39.5 Å². The fourth-order valence-electron chi connectivity index (χ4n) is 3.60. The summed E-state index contributed by atoms with van der Waals surface area (Å²) in [4.78, 5) is 10.9. The van der Waals surface area contributed by atoms with Crippen LogP contribution in [0.1, 0.15) is 35.4 Å². The molecule has 124 valence electrons. The van der Waals surface area contributed by atoms with Crippen LogP contribution in [0, 0.1) is 5.92 Å². The van der Waals surface area contributed by atoms with Crippen molar-refractivity contribution in [2.75, 3.05) is 17.2 Å². The Morgan fingerprint density at radius 2 is 2.00 bits per heavy atom. The molecule has 4 nitrogen and oxygen atoms in total. The molecule has 0 unspecified atom stereocenters. The van der Waals surface area contributed by atoms with E-state index in [9.17, 15) is 9.90 Å². The molecule has 2 atom stereocenters. The number of carboxylic acids is 1. The Kier molecular flexibility index (Phi) is 5.72. The molecule has 0 bridgehead atoms. The number of para-hydroxylation sites is 1. The van der Waals surface area contributed by atoms with Crippen LogP contribution < -0.4 is 45.3 Å².